The first-order chi connectivity index (χ1) is 8.74. The van der Waals surface area contributed by atoms with Crippen LogP contribution < -0.4 is 4.90 Å². The maximum Gasteiger partial charge on any atom is 0.128 e. The van der Waals surface area contributed by atoms with Crippen LogP contribution >= 0.6 is 0 Å². The first kappa shape index (κ1) is 12.8. The van der Waals surface area contributed by atoms with Crippen LogP contribution in [0, 0.1) is 18.3 Å². The van der Waals surface area contributed by atoms with Crippen LogP contribution in [-0.2, 0) is 0 Å². The van der Waals surface area contributed by atoms with E-state index in [1.807, 2.05) is 19.1 Å². The summed E-state index contributed by atoms with van der Waals surface area (Å²) < 4.78 is 0. The van der Waals surface area contributed by atoms with Gasteiger partial charge in [0.15, 0.2) is 0 Å². The highest BCUT2D eigenvalue weighted by Crippen LogP contribution is 2.15. The van der Waals surface area contributed by atoms with E-state index in [-0.39, 0.29) is 6.04 Å². The van der Waals surface area contributed by atoms with Gasteiger partial charge in [0, 0.05) is 31.9 Å². The Morgan fingerprint density at radius 3 is 2.61 bits per heavy atom. The molecule has 0 aromatic carbocycles. The summed E-state index contributed by atoms with van der Waals surface area (Å²) in [4.78, 5) is 9.12. The third kappa shape index (κ3) is 2.80. The number of nitriles is 1. The fourth-order valence-electron chi connectivity index (χ4n) is 2.40. The minimum atomic E-state index is 0.0672. The lowest BCUT2D eigenvalue weighted by atomic mass is 10.2. The predicted molar refractivity (Wildman–Crippen MR) is 72.5 cm³/mol. The monoisotopic (exact) mass is 244 g/mol. The van der Waals surface area contributed by atoms with Crippen LogP contribution in [0.15, 0.2) is 18.2 Å². The zero-order valence-electron chi connectivity index (χ0n) is 11.1. The number of rotatable bonds is 3. The molecule has 0 radical (unpaired) electrons. The largest absolute Gasteiger partial charge is 0.354 e. The highest BCUT2D eigenvalue weighted by molar-refractivity contribution is 5.39. The average Bonchev–Trinajstić information content (AvgIpc) is 2.41. The molecule has 1 unspecified atom stereocenters. The zero-order chi connectivity index (χ0) is 13.0. The Kier molecular flexibility index (Phi) is 4.16. The van der Waals surface area contributed by atoms with Crippen molar-refractivity contribution >= 4 is 5.82 Å². The maximum atomic E-state index is 9.08. The molecular weight excluding hydrogens is 224 g/mol. The summed E-state index contributed by atoms with van der Waals surface area (Å²) in [7, 11) is 0. The fraction of sp³-hybridized carbons (Fsp3) is 0.571. The number of piperazine rings is 1. The highest BCUT2D eigenvalue weighted by Gasteiger charge is 2.22. The molecule has 1 aliphatic rings. The van der Waals surface area contributed by atoms with Gasteiger partial charge in [0.2, 0.25) is 0 Å². The molecule has 1 saturated heterocycles. The van der Waals surface area contributed by atoms with Gasteiger partial charge in [-0.05, 0) is 25.5 Å². The summed E-state index contributed by atoms with van der Waals surface area (Å²) in [5, 5.41) is 9.08. The Labute approximate surface area is 109 Å². The van der Waals surface area contributed by atoms with Gasteiger partial charge < -0.3 is 4.90 Å². The van der Waals surface area contributed by atoms with Gasteiger partial charge in [-0.3, -0.25) is 4.90 Å². The fourth-order valence-corrected chi connectivity index (χ4v) is 2.40. The second-order valence-electron chi connectivity index (χ2n) is 4.71. The second-order valence-corrected chi connectivity index (χ2v) is 4.71. The van der Waals surface area contributed by atoms with Crippen LogP contribution in [0.1, 0.15) is 19.0 Å². The SMILES string of the molecule is CCC(C#N)N1CCN(c2cccc(C)n2)CC1. The lowest BCUT2D eigenvalue weighted by Gasteiger charge is -2.37. The molecule has 0 saturated carbocycles. The van der Waals surface area contributed by atoms with E-state index in [1.54, 1.807) is 0 Å². The Balaban J connectivity index is 1.97. The van der Waals surface area contributed by atoms with Gasteiger partial charge in [-0.25, -0.2) is 4.98 Å². The van der Waals surface area contributed by atoms with E-state index in [2.05, 4.69) is 33.8 Å². The number of hydrogen-bond donors (Lipinski definition) is 0. The first-order valence-corrected chi connectivity index (χ1v) is 6.57. The number of aryl methyl sites for hydroxylation is 1. The minimum absolute atomic E-state index is 0.0672. The van der Waals surface area contributed by atoms with Crippen LogP contribution in [-0.4, -0.2) is 42.1 Å². The van der Waals surface area contributed by atoms with Crippen LogP contribution in [0.3, 0.4) is 0 Å². The average molecular weight is 244 g/mol. The molecule has 0 aliphatic carbocycles. The maximum absolute atomic E-state index is 9.08. The third-order valence-electron chi connectivity index (χ3n) is 3.49. The van der Waals surface area contributed by atoms with Crippen LogP contribution in [0.2, 0.25) is 0 Å². The number of hydrogen-bond acceptors (Lipinski definition) is 4. The van der Waals surface area contributed by atoms with Crippen molar-refractivity contribution in [2.24, 2.45) is 0 Å². The van der Waals surface area contributed by atoms with E-state index in [9.17, 15) is 0 Å². The number of aromatic nitrogens is 1. The molecule has 4 nitrogen and oxygen atoms in total. The van der Waals surface area contributed by atoms with E-state index in [0.717, 1.165) is 44.1 Å². The summed E-state index contributed by atoms with van der Waals surface area (Å²) in [5.74, 6) is 1.06. The Bertz CT molecular complexity index is 430. The lowest BCUT2D eigenvalue weighted by Crippen LogP contribution is -2.50. The standard InChI is InChI=1S/C14H20N4/c1-3-13(11-15)17-7-9-18(10-8-17)14-6-4-5-12(2)16-14/h4-6,13H,3,7-10H2,1-2H3. The highest BCUT2D eigenvalue weighted by atomic mass is 15.3. The van der Waals surface area contributed by atoms with Crippen LogP contribution in [0.25, 0.3) is 0 Å². The molecule has 2 heterocycles. The van der Waals surface area contributed by atoms with Crippen molar-refractivity contribution < 1.29 is 0 Å². The van der Waals surface area contributed by atoms with E-state index < -0.39 is 0 Å². The molecule has 1 aromatic rings. The summed E-state index contributed by atoms with van der Waals surface area (Å²) in [6, 6.07) is 8.57. The lowest BCUT2D eigenvalue weighted by molar-refractivity contribution is 0.216. The van der Waals surface area contributed by atoms with Gasteiger partial charge in [-0.2, -0.15) is 5.26 Å². The van der Waals surface area contributed by atoms with Crippen molar-refractivity contribution in [1.29, 1.82) is 5.26 Å². The summed E-state index contributed by atoms with van der Waals surface area (Å²) in [5.41, 5.74) is 1.05. The number of pyridine rings is 1. The van der Waals surface area contributed by atoms with Crippen molar-refractivity contribution in [3.05, 3.63) is 23.9 Å². The number of nitrogens with zero attached hydrogens (tertiary/aromatic N) is 4. The van der Waals surface area contributed by atoms with Crippen molar-refractivity contribution in [1.82, 2.24) is 9.88 Å². The molecule has 0 amide bonds. The summed E-state index contributed by atoms with van der Waals surface area (Å²) in [6.45, 7) is 7.89. The summed E-state index contributed by atoms with van der Waals surface area (Å²) >= 11 is 0. The molecule has 2 rings (SSSR count). The van der Waals surface area contributed by atoms with Crippen molar-refractivity contribution in [2.75, 3.05) is 31.1 Å². The van der Waals surface area contributed by atoms with Crippen LogP contribution in [0.4, 0.5) is 5.82 Å². The minimum Gasteiger partial charge on any atom is -0.354 e. The molecule has 0 bridgehead atoms. The van der Waals surface area contributed by atoms with Crippen LogP contribution in [0.5, 0.6) is 0 Å². The molecule has 96 valence electrons. The molecule has 4 heteroatoms. The van der Waals surface area contributed by atoms with Gasteiger partial charge in [-0.15, -0.1) is 0 Å². The Hall–Kier alpha value is -1.60. The molecule has 0 spiro atoms. The molecule has 1 aliphatic heterocycles. The van der Waals surface area contributed by atoms with Crippen molar-refractivity contribution in [2.45, 2.75) is 26.3 Å². The molecule has 1 fully saturated rings. The quantitative estimate of drug-likeness (QED) is 0.813. The molecule has 1 atom stereocenters. The zero-order valence-corrected chi connectivity index (χ0v) is 11.1. The Morgan fingerprint density at radius 2 is 2.06 bits per heavy atom. The van der Waals surface area contributed by atoms with E-state index in [0.29, 0.717) is 0 Å². The van der Waals surface area contributed by atoms with E-state index >= 15 is 0 Å². The molecular formula is C14H20N4. The van der Waals surface area contributed by atoms with Crippen molar-refractivity contribution in [3.8, 4) is 6.07 Å². The van der Waals surface area contributed by atoms with Gasteiger partial charge in [0.05, 0.1) is 12.1 Å². The Morgan fingerprint density at radius 1 is 1.33 bits per heavy atom. The third-order valence-corrected chi connectivity index (χ3v) is 3.49. The normalized spacial score (nSPS) is 18.4. The van der Waals surface area contributed by atoms with E-state index in [1.165, 1.54) is 0 Å². The molecule has 0 N–H and O–H groups in total. The first-order valence-electron chi connectivity index (χ1n) is 6.57. The molecule has 18 heavy (non-hydrogen) atoms. The smallest absolute Gasteiger partial charge is 0.128 e. The van der Waals surface area contributed by atoms with Gasteiger partial charge in [0.1, 0.15) is 5.82 Å². The second kappa shape index (κ2) is 5.83. The topological polar surface area (TPSA) is 43.2 Å². The van der Waals surface area contributed by atoms with Gasteiger partial charge >= 0.3 is 0 Å². The van der Waals surface area contributed by atoms with Crippen molar-refractivity contribution in [3.63, 3.8) is 0 Å². The number of anilines is 1. The summed E-state index contributed by atoms with van der Waals surface area (Å²) in [6.07, 6.45) is 0.902. The van der Waals surface area contributed by atoms with Gasteiger partial charge in [0.25, 0.3) is 0 Å². The molecule has 1 aromatic heterocycles. The van der Waals surface area contributed by atoms with E-state index in [4.69, 9.17) is 5.26 Å². The van der Waals surface area contributed by atoms with Gasteiger partial charge in [-0.1, -0.05) is 13.0 Å². The predicted octanol–water partition coefficient (Wildman–Crippen LogP) is 1.81.